The van der Waals surface area contributed by atoms with Crippen LogP contribution in [0.15, 0.2) is 88.8 Å². The number of amidine groups is 1. The molecule has 1 atom stereocenters. The van der Waals surface area contributed by atoms with E-state index in [0.29, 0.717) is 27.8 Å². The number of nitrogens with two attached hydrogens (primary N) is 2. The molecule has 1 unspecified atom stereocenters. The quantitative estimate of drug-likeness (QED) is 0.105. The first kappa shape index (κ1) is 30.1. The molecule has 6 N–H and O–H groups in total. The summed E-state index contributed by atoms with van der Waals surface area (Å²) in [6.45, 7) is 4.07. The molecule has 210 valence electrons. The van der Waals surface area contributed by atoms with Gasteiger partial charge in [-0.25, -0.2) is 13.6 Å². The minimum atomic E-state index is -3.95. The number of aliphatic imine (C=N–C) groups is 1. The Bertz CT molecular complexity index is 1550. The molecule has 0 spiro atoms. The lowest BCUT2D eigenvalue weighted by molar-refractivity contribution is -0.137. The Morgan fingerprint density at radius 2 is 1.68 bits per heavy atom. The molecule has 0 bridgehead atoms. The van der Waals surface area contributed by atoms with Crippen LogP contribution in [-0.4, -0.2) is 49.9 Å². The second-order valence-electron chi connectivity index (χ2n) is 9.09. The van der Waals surface area contributed by atoms with E-state index in [0.717, 1.165) is 0 Å². The van der Waals surface area contributed by atoms with Crippen LogP contribution in [0.1, 0.15) is 35.2 Å². The minimum Gasteiger partial charge on any atom is -0.504 e. The zero-order valence-corrected chi connectivity index (χ0v) is 22.7. The van der Waals surface area contributed by atoms with E-state index in [4.69, 9.17) is 15.6 Å². The fraction of sp³-hybridized carbons (Fsp3) is 0.207. The predicted molar refractivity (Wildman–Crippen MR) is 152 cm³/mol. The molecule has 0 amide bonds. The normalized spacial score (nSPS) is 12.5. The molecule has 0 aliphatic rings. The van der Waals surface area contributed by atoms with Crippen LogP contribution in [0.5, 0.6) is 11.5 Å². The van der Waals surface area contributed by atoms with Crippen molar-refractivity contribution < 1.29 is 33.0 Å². The number of aliphatic carboxylic acids is 1. The van der Waals surface area contributed by atoms with Crippen LogP contribution in [0.25, 0.3) is 11.1 Å². The number of ketones is 1. The number of hydrogen-bond donors (Lipinski definition) is 4. The van der Waals surface area contributed by atoms with Gasteiger partial charge in [0, 0.05) is 36.6 Å². The van der Waals surface area contributed by atoms with Crippen molar-refractivity contribution in [1.82, 2.24) is 0 Å². The van der Waals surface area contributed by atoms with Gasteiger partial charge in [-0.15, -0.1) is 0 Å². The summed E-state index contributed by atoms with van der Waals surface area (Å²) in [5.74, 6) is -1.65. The van der Waals surface area contributed by atoms with Gasteiger partial charge in [-0.2, -0.15) is 0 Å². The number of benzene rings is 3. The summed E-state index contributed by atoms with van der Waals surface area (Å²) >= 11 is 0. The SMILES string of the molecule is C=C(CCOc1cc(C(N)=NC)ccc1O)C(CC(=O)O)CC(=O)c1ccc(-c2ccccc2S(N)(=O)=O)cc1. The molecule has 0 aliphatic heterocycles. The number of nitrogens with zero attached hydrogens (tertiary/aromatic N) is 1. The molecule has 0 aromatic heterocycles. The lowest BCUT2D eigenvalue weighted by Crippen LogP contribution is -2.17. The Kier molecular flexibility index (Phi) is 9.81. The van der Waals surface area contributed by atoms with Crippen molar-refractivity contribution in [2.75, 3.05) is 13.7 Å². The van der Waals surface area contributed by atoms with Gasteiger partial charge in [0.05, 0.1) is 17.9 Å². The second kappa shape index (κ2) is 13.0. The lowest BCUT2D eigenvalue weighted by Gasteiger charge is -2.18. The van der Waals surface area contributed by atoms with Crippen molar-refractivity contribution in [3.8, 4) is 22.6 Å². The highest BCUT2D eigenvalue weighted by atomic mass is 32.2. The number of carbonyl (C=O) groups is 2. The largest absolute Gasteiger partial charge is 0.504 e. The third kappa shape index (κ3) is 7.78. The van der Waals surface area contributed by atoms with Gasteiger partial charge >= 0.3 is 5.97 Å². The Morgan fingerprint density at radius 1 is 1.02 bits per heavy atom. The molecule has 11 heteroatoms. The molecule has 0 radical (unpaired) electrons. The van der Waals surface area contributed by atoms with Gasteiger partial charge in [0.2, 0.25) is 10.0 Å². The van der Waals surface area contributed by atoms with Crippen LogP contribution in [0, 0.1) is 5.92 Å². The first-order chi connectivity index (χ1) is 18.9. The monoisotopic (exact) mass is 565 g/mol. The number of phenolic OH excluding ortho intramolecular Hbond substituents is 1. The van der Waals surface area contributed by atoms with E-state index in [2.05, 4.69) is 11.6 Å². The summed E-state index contributed by atoms with van der Waals surface area (Å²) < 4.78 is 29.5. The average molecular weight is 566 g/mol. The van der Waals surface area contributed by atoms with Crippen LogP contribution in [-0.2, 0) is 14.8 Å². The van der Waals surface area contributed by atoms with Crippen LogP contribution in [0.3, 0.4) is 0 Å². The first-order valence-electron chi connectivity index (χ1n) is 12.2. The summed E-state index contributed by atoms with van der Waals surface area (Å²) in [5, 5.41) is 24.8. The topological polar surface area (TPSA) is 182 Å². The number of hydrogen-bond acceptors (Lipinski definition) is 7. The third-order valence-corrected chi connectivity index (χ3v) is 7.29. The van der Waals surface area contributed by atoms with Crippen LogP contribution < -0.4 is 15.6 Å². The van der Waals surface area contributed by atoms with E-state index in [1.807, 2.05) is 0 Å². The molecule has 0 saturated carbocycles. The smallest absolute Gasteiger partial charge is 0.303 e. The predicted octanol–water partition coefficient (Wildman–Crippen LogP) is 3.73. The van der Waals surface area contributed by atoms with E-state index in [-0.39, 0.29) is 53.9 Å². The number of primary sulfonamides is 1. The molecule has 3 aromatic carbocycles. The van der Waals surface area contributed by atoms with Gasteiger partial charge in [0.1, 0.15) is 5.84 Å². The molecule has 40 heavy (non-hydrogen) atoms. The second-order valence-corrected chi connectivity index (χ2v) is 10.6. The first-order valence-corrected chi connectivity index (χ1v) is 13.8. The zero-order valence-electron chi connectivity index (χ0n) is 21.9. The molecule has 10 nitrogen and oxygen atoms in total. The van der Waals surface area contributed by atoms with Crippen molar-refractivity contribution in [2.24, 2.45) is 21.8 Å². The van der Waals surface area contributed by atoms with E-state index in [1.54, 1.807) is 61.6 Å². The van der Waals surface area contributed by atoms with Gasteiger partial charge in [-0.1, -0.05) is 54.6 Å². The van der Waals surface area contributed by atoms with Gasteiger partial charge in [0.25, 0.3) is 0 Å². The Balaban J connectivity index is 1.69. The van der Waals surface area contributed by atoms with Gasteiger partial charge < -0.3 is 20.7 Å². The number of carboxylic acids is 1. The molecule has 0 aliphatic carbocycles. The molecule has 3 rings (SSSR count). The maximum Gasteiger partial charge on any atom is 0.303 e. The number of ether oxygens (including phenoxy) is 1. The van der Waals surface area contributed by atoms with E-state index in [9.17, 15) is 28.2 Å². The number of carbonyl (C=O) groups excluding carboxylic acids is 1. The fourth-order valence-electron chi connectivity index (χ4n) is 4.12. The minimum absolute atomic E-state index is 0.0314. The standard InChI is InChI=1S/C29H31N3O7S/c1-18(13-14-39-26-16-21(29(30)32-2)11-12-24(26)33)22(17-28(35)36)15-25(34)20-9-7-19(8-10-20)23-5-3-4-6-27(23)40(31,37)38/h3-12,16,22,33H,1,13-15,17H2,2H3,(H2,30,32)(H,35,36)(H2,31,37,38). The van der Waals surface area contributed by atoms with Crippen LogP contribution >= 0.6 is 0 Å². The maximum absolute atomic E-state index is 13.0. The van der Waals surface area contributed by atoms with Crippen LogP contribution in [0.2, 0.25) is 0 Å². The maximum atomic E-state index is 13.0. The Hall–Kier alpha value is -4.48. The number of phenols is 1. The molecular formula is C29H31N3O7S. The van der Waals surface area contributed by atoms with Crippen molar-refractivity contribution in [1.29, 1.82) is 0 Å². The van der Waals surface area contributed by atoms with E-state index >= 15 is 0 Å². The summed E-state index contributed by atoms with van der Waals surface area (Å²) in [6.07, 6.45) is -0.146. The highest BCUT2D eigenvalue weighted by Crippen LogP contribution is 2.30. The van der Waals surface area contributed by atoms with Crippen molar-refractivity contribution in [2.45, 2.75) is 24.2 Å². The third-order valence-electron chi connectivity index (χ3n) is 6.32. The highest BCUT2D eigenvalue weighted by molar-refractivity contribution is 7.89. The lowest BCUT2D eigenvalue weighted by atomic mass is 9.88. The molecule has 3 aromatic rings. The molecule has 0 heterocycles. The summed E-state index contributed by atoms with van der Waals surface area (Å²) in [5.41, 5.74) is 8.20. The molecule has 0 saturated heterocycles. The van der Waals surface area contributed by atoms with Crippen molar-refractivity contribution in [3.63, 3.8) is 0 Å². The van der Waals surface area contributed by atoms with E-state index in [1.165, 1.54) is 12.1 Å². The van der Waals surface area contributed by atoms with E-state index < -0.39 is 21.9 Å². The number of rotatable bonds is 13. The summed E-state index contributed by atoms with van der Waals surface area (Å²) in [7, 11) is -2.41. The van der Waals surface area contributed by atoms with Gasteiger partial charge in [-0.05, 0) is 35.7 Å². The molecule has 0 fully saturated rings. The Labute approximate surface area is 232 Å². The van der Waals surface area contributed by atoms with Crippen LogP contribution in [0.4, 0.5) is 0 Å². The number of sulfonamides is 1. The van der Waals surface area contributed by atoms with Crippen molar-refractivity contribution in [3.05, 3.63) is 90.0 Å². The van der Waals surface area contributed by atoms with Crippen molar-refractivity contribution >= 4 is 27.6 Å². The zero-order chi connectivity index (χ0) is 29.4. The summed E-state index contributed by atoms with van der Waals surface area (Å²) in [4.78, 5) is 28.4. The number of aromatic hydroxyl groups is 1. The van der Waals surface area contributed by atoms with Gasteiger partial charge in [0.15, 0.2) is 17.3 Å². The van der Waals surface area contributed by atoms with Gasteiger partial charge in [-0.3, -0.25) is 14.6 Å². The molecular weight excluding hydrogens is 534 g/mol. The number of Topliss-reactive ketones (excluding diaryl/α,β-unsaturated/α-hetero) is 1. The Morgan fingerprint density at radius 3 is 2.30 bits per heavy atom. The summed E-state index contributed by atoms with van der Waals surface area (Å²) in [6, 6.07) is 17.2. The highest BCUT2D eigenvalue weighted by Gasteiger charge is 2.22. The fourth-order valence-corrected chi connectivity index (χ4v) is 4.88. The number of carboxylic acid groups (broad SMARTS) is 1. The average Bonchev–Trinajstić information content (AvgIpc) is 2.92.